The fourth-order valence-corrected chi connectivity index (χ4v) is 7.65. The van der Waals surface area contributed by atoms with Crippen LogP contribution in [-0.2, 0) is 9.59 Å². The molecule has 0 aromatic carbocycles. The number of Topliss-reactive ketones (excluding diaryl/α,β-unsaturated/α-hetero) is 2. The minimum absolute atomic E-state index is 0.0233. The number of aliphatic hydroxyl groups excluding tert-OH is 2. The first-order valence-corrected chi connectivity index (χ1v) is 10.2. The molecule has 0 aromatic rings. The number of aliphatic hydroxyl groups is 3. The van der Waals surface area contributed by atoms with E-state index in [0.29, 0.717) is 25.7 Å². The number of fused-ring (bicyclic) bond motifs is 5. The minimum atomic E-state index is -1.33. The Labute approximate surface area is 155 Å². The largest absolute Gasteiger partial charge is 0.390 e. The number of carbonyl (C=O) groups is 2. The lowest BCUT2D eigenvalue weighted by molar-refractivity contribution is -0.222. The molecule has 0 radical (unpaired) electrons. The summed E-state index contributed by atoms with van der Waals surface area (Å²) in [6.07, 6.45) is 2.62. The molecule has 3 N–H and O–H groups in total. The predicted molar refractivity (Wildman–Crippen MR) is 95.1 cm³/mol. The van der Waals surface area contributed by atoms with Gasteiger partial charge >= 0.3 is 0 Å². The third kappa shape index (κ3) is 2.08. The van der Waals surface area contributed by atoms with Crippen LogP contribution in [0.2, 0.25) is 0 Å². The summed E-state index contributed by atoms with van der Waals surface area (Å²) in [7, 11) is 0. The normalized spacial score (nSPS) is 56.5. The van der Waals surface area contributed by atoms with Gasteiger partial charge in [-0.05, 0) is 68.1 Å². The van der Waals surface area contributed by atoms with Crippen LogP contribution in [0, 0.1) is 34.5 Å². The van der Waals surface area contributed by atoms with Crippen LogP contribution in [0.25, 0.3) is 0 Å². The molecule has 0 aromatic heterocycles. The lowest BCUT2D eigenvalue weighted by atomic mass is 9.43. The number of ketones is 2. The Hall–Kier alpha value is -0.780. The Morgan fingerprint density at radius 3 is 2.31 bits per heavy atom. The van der Waals surface area contributed by atoms with Gasteiger partial charge in [-0.25, -0.2) is 0 Å². The quantitative estimate of drug-likeness (QED) is 0.660. The van der Waals surface area contributed by atoms with Gasteiger partial charge < -0.3 is 15.3 Å². The van der Waals surface area contributed by atoms with Crippen LogP contribution in [0.3, 0.4) is 0 Å². The molecule has 146 valence electrons. The molecular weight excluding hydrogens is 332 g/mol. The zero-order valence-corrected chi connectivity index (χ0v) is 16.1. The fraction of sp³-hybridized carbons (Fsp3) is 0.905. The first-order chi connectivity index (χ1) is 12.1. The van der Waals surface area contributed by atoms with Crippen LogP contribution in [-0.4, -0.2) is 44.7 Å². The molecule has 4 fully saturated rings. The van der Waals surface area contributed by atoms with Gasteiger partial charge in [0.05, 0.1) is 12.2 Å². The molecule has 0 aliphatic heterocycles. The van der Waals surface area contributed by atoms with Crippen molar-refractivity contribution in [1.82, 2.24) is 0 Å². The van der Waals surface area contributed by atoms with Crippen molar-refractivity contribution < 1.29 is 24.9 Å². The topological polar surface area (TPSA) is 94.8 Å². The highest BCUT2D eigenvalue weighted by atomic mass is 16.3. The summed E-state index contributed by atoms with van der Waals surface area (Å²) in [5.74, 6) is -0.0468. The van der Waals surface area contributed by atoms with E-state index in [2.05, 4.69) is 6.92 Å². The number of hydrogen-bond donors (Lipinski definition) is 3. The van der Waals surface area contributed by atoms with Gasteiger partial charge in [0.25, 0.3) is 0 Å². The first kappa shape index (κ1) is 18.6. The number of rotatable bonds is 1. The summed E-state index contributed by atoms with van der Waals surface area (Å²) in [5.41, 5.74) is -2.03. The van der Waals surface area contributed by atoms with Crippen LogP contribution in [0.4, 0.5) is 0 Å². The standard InChI is InChI=1S/C21H32O5/c1-11(22)21(26)9-6-14-16-13(5-8-20(14,21)3)19(2)7-4-12(23)10-15(19)17(24)18(16)25/h13-18,24-26H,4-10H2,1-3H3/t13-,14-,15?,16+,17?,18?,19+,20-,21-/m0/s1. The monoisotopic (exact) mass is 364 g/mol. The predicted octanol–water partition coefficient (Wildman–Crippen LogP) is 1.86. The van der Waals surface area contributed by atoms with E-state index in [4.69, 9.17) is 0 Å². The van der Waals surface area contributed by atoms with Crippen LogP contribution < -0.4 is 0 Å². The lowest BCUT2D eigenvalue weighted by Gasteiger charge is -2.63. The van der Waals surface area contributed by atoms with Gasteiger partial charge in [0.2, 0.25) is 0 Å². The van der Waals surface area contributed by atoms with Crippen molar-refractivity contribution in [3.05, 3.63) is 0 Å². The van der Waals surface area contributed by atoms with E-state index in [1.165, 1.54) is 6.92 Å². The summed E-state index contributed by atoms with van der Waals surface area (Å²) < 4.78 is 0. The van der Waals surface area contributed by atoms with Crippen molar-refractivity contribution >= 4 is 11.6 Å². The molecule has 0 spiro atoms. The molecule has 3 unspecified atom stereocenters. The summed E-state index contributed by atoms with van der Waals surface area (Å²) in [5, 5.41) is 33.1. The summed E-state index contributed by atoms with van der Waals surface area (Å²) in [4.78, 5) is 24.3. The highest BCUT2D eigenvalue weighted by Crippen LogP contribution is 2.68. The minimum Gasteiger partial charge on any atom is -0.390 e. The summed E-state index contributed by atoms with van der Waals surface area (Å²) in [6, 6.07) is 0. The number of carbonyl (C=O) groups excluding carboxylic acids is 2. The van der Waals surface area contributed by atoms with Crippen molar-refractivity contribution in [3.63, 3.8) is 0 Å². The van der Waals surface area contributed by atoms with E-state index in [0.717, 1.165) is 19.3 Å². The SMILES string of the molecule is CC(=O)[C@@]1(O)CC[C@H]2[C@@H]3C(O)C(O)C4CC(=O)CC[C@]4(C)[C@H]3CC[C@@]21C. The second kappa shape index (κ2) is 5.62. The summed E-state index contributed by atoms with van der Waals surface area (Å²) in [6.45, 7) is 5.65. The first-order valence-electron chi connectivity index (χ1n) is 10.2. The summed E-state index contributed by atoms with van der Waals surface area (Å²) >= 11 is 0. The molecular formula is C21H32O5. The molecule has 4 aliphatic carbocycles. The zero-order valence-electron chi connectivity index (χ0n) is 16.1. The Morgan fingerprint density at radius 2 is 1.65 bits per heavy atom. The Balaban J connectivity index is 1.74. The Bertz CT molecular complexity index is 646. The van der Waals surface area contributed by atoms with Gasteiger partial charge in [0.1, 0.15) is 11.4 Å². The van der Waals surface area contributed by atoms with Crippen molar-refractivity contribution in [2.24, 2.45) is 34.5 Å². The maximum atomic E-state index is 12.3. The van der Waals surface area contributed by atoms with Crippen LogP contribution >= 0.6 is 0 Å². The van der Waals surface area contributed by atoms with Crippen LogP contribution in [0.1, 0.15) is 65.7 Å². The lowest BCUT2D eigenvalue weighted by Crippen LogP contribution is -2.65. The molecule has 26 heavy (non-hydrogen) atoms. The third-order valence-corrected chi connectivity index (χ3v) is 9.31. The highest BCUT2D eigenvalue weighted by molar-refractivity contribution is 5.86. The van der Waals surface area contributed by atoms with Gasteiger partial charge in [0, 0.05) is 18.3 Å². The molecule has 0 heterocycles. The van der Waals surface area contributed by atoms with E-state index in [1.54, 1.807) is 0 Å². The maximum absolute atomic E-state index is 12.3. The van der Waals surface area contributed by atoms with Crippen molar-refractivity contribution in [1.29, 1.82) is 0 Å². The van der Waals surface area contributed by atoms with Crippen molar-refractivity contribution in [3.8, 4) is 0 Å². The van der Waals surface area contributed by atoms with Crippen molar-refractivity contribution in [2.45, 2.75) is 83.5 Å². The van der Waals surface area contributed by atoms with Gasteiger partial charge in [-0.15, -0.1) is 0 Å². The van der Waals surface area contributed by atoms with Crippen LogP contribution in [0.5, 0.6) is 0 Å². The van der Waals surface area contributed by atoms with Gasteiger partial charge in [-0.3, -0.25) is 9.59 Å². The molecule has 0 bridgehead atoms. The average molecular weight is 364 g/mol. The third-order valence-electron chi connectivity index (χ3n) is 9.31. The second-order valence-corrected chi connectivity index (χ2v) is 10.0. The molecule has 4 aliphatic rings. The Morgan fingerprint density at radius 1 is 1.00 bits per heavy atom. The molecule has 4 rings (SSSR count). The van der Waals surface area contributed by atoms with E-state index >= 15 is 0 Å². The van der Waals surface area contributed by atoms with Crippen molar-refractivity contribution in [2.75, 3.05) is 0 Å². The van der Waals surface area contributed by atoms with E-state index < -0.39 is 23.2 Å². The zero-order chi connectivity index (χ0) is 19.1. The molecule has 4 saturated carbocycles. The molecule has 5 heteroatoms. The van der Waals surface area contributed by atoms with Gasteiger partial charge in [-0.1, -0.05) is 13.8 Å². The van der Waals surface area contributed by atoms with E-state index in [-0.39, 0.29) is 40.7 Å². The van der Waals surface area contributed by atoms with Gasteiger partial charge in [0.15, 0.2) is 5.78 Å². The molecule has 9 atom stereocenters. The second-order valence-electron chi connectivity index (χ2n) is 10.0. The van der Waals surface area contributed by atoms with Gasteiger partial charge in [-0.2, -0.15) is 0 Å². The van der Waals surface area contributed by atoms with Crippen LogP contribution in [0.15, 0.2) is 0 Å². The van der Waals surface area contributed by atoms with E-state index in [9.17, 15) is 24.9 Å². The van der Waals surface area contributed by atoms with E-state index in [1.807, 2.05) is 6.92 Å². The molecule has 5 nitrogen and oxygen atoms in total. The fourth-order valence-electron chi connectivity index (χ4n) is 7.65. The Kier molecular flexibility index (Phi) is 4.01. The molecule has 0 amide bonds. The highest BCUT2D eigenvalue weighted by Gasteiger charge is 2.69. The smallest absolute Gasteiger partial charge is 0.161 e. The maximum Gasteiger partial charge on any atom is 0.161 e. The molecule has 0 saturated heterocycles. The number of hydrogen-bond acceptors (Lipinski definition) is 5. The average Bonchev–Trinajstić information content (AvgIpc) is 2.87.